The number of hydrogen-bond donors (Lipinski definition) is 0. The molecule has 0 atom stereocenters. The van der Waals surface area contributed by atoms with Gasteiger partial charge in [0.2, 0.25) is 0 Å². The zero-order chi connectivity index (χ0) is 33.0. The third-order valence-electron chi connectivity index (χ3n) is 10.5. The minimum absolute atomic E-state index is 0.0762. The molecule has 0 saturated heterocycles. The molecule has 8 aromatic carbocycles. The summed E-state index contributed by atoms with van der Waals surface area (Å²) in [4.78, 5) is 2.59. The van der Waals surface area contributed by atoms with Crippen molar-refractivity contribution in [3.05, 3.63) is 194 Å². The molecule has 0 spiro atoms. The lowest BCUT2D eigenvalue weighted by Gasteiger charge is -2.43. The van der Waals surface area contributed by atoms with Crippen LogP contribution in [0.1, 0.15) is 0 Å². The van der Waals surface area contributed by atoms with Gasteiger partial charge in [0.15, 0.2) is 0 Å². The van der Waals surface area contributed by atoms with Crippen LogP contribution >= 0.6 is 0 Å². The normalized spacial score (nSPS) is 12.3. The molecule has 2 aliphatic rings. The maximum absolute atomic E-state index is 2.59. The Morgan fingerprint density at radius 2 is 0.600 bits per heavy atom. The zero-order valence-corrected chi connectivity index (χ0v) is 27.5. The molecule has 0 fully saturated rings. The zero-order valence-electron chi connectivity index (χ0n) is 27.5. The Morgan fingerprint density at radius 3 is 1.02 bits per heavy atom. The third kappa shape index (κ3) is 4.49. The van der Waals surface area contributed by atoms with E-state index in [2.05, 4.69) is 199 Å². The van der Waals surface area contributed by atoms with Crippen molar-refractivity contribution < 1.29 is 0 Å². The Bertz CT molecular complexity index is 2380. The topological polar surface area (TPSA) is 3.24 Å². The standard InChI is InChI=1S/C48H32BN/c1-3-15-33(16-4-1)37-19-7-9-21-39(37)35-27-29-47-43(31-35)41-23-11-13-25-45(41)49-46-26-14-12-24-42(46)44-32-36(28-30-48(44)50(47)49)40-22-10-8-20-38(40)34-17-5-2-6-18-34/h1-32H. The summed E-state index contributed by atoms with van der Waals surface area (Å²) in [5.74, 6) is 0. The van der Waals surface area contributed by atoms with E-state index in [4.69, 9.17) is 0 Å². The molecule has 2 heterocycles. The molecule has 0 bridgehead atoms. The second-order valence-corrected chi connectivity index (χ2v) is 13.2. The first-order valence-electron chi connectivity index (χ1n) is 17.4. The molecule has 0 amide bonds. The predicted molar refractivity (Wildman–Crippen MR) is 213 cm³/mol. The first kappa shape index (κ1) is 28.6. The van der Waals surface area contributed by atoms with Gasteiger partial charge in [-0.25, -0.2) is 0 Å². The van der Waals surface area contributed by atoms with E-state index in [0.29, 0.717) is 0 Å². The van der Waals surface area contributed by atoms with Gasteiger partial charge in [0, 0.05) is 22.5 Å². The molecule has 0 aromatic heterocycles. The Kier molecular flexibility index (Phi) is 6.67. The van der Waals surface area contributed by atoms with E-state index in [-0.39, 0.29) is 6.85 Å². The predicted octanol–water partition coefficient (Wildman–Crippen LogP) is 11.3. The Labute approximate surface area is 293 Å². The van der Waals surface area contributed by atoms with Crippen LogP contribution in [0.4, 0.5) is 11.4 Å². The molecular formula is C48H32BN. The van der Waals surface area contributed by atoms with Crippen molar-refractivity contribution in [1.29, 1.82) is 0 Å². The summed E-state index contributed by atoms with van der Waals surface area (Å²) in [5, 5.41) is 0. The highest BCUT2D eigenvalue weighted by Crippen LogP contribution is 2.48. The van der Waals surface area contributed by atoms with Crippen LogP contribution in [0.2, 0.25) is 0 Å². The molecular weight excluding hydrogens is 601 g/mol. The molecule has 50 heavy (non-hydrogen) atoms. The Hall–Kier alpha value is -6.38. The van der Waals surface area contributed by atoms with Crippen molar-refractivity contribution in [2.75, 3.05) is 4.81 Å². The minimum Gasteiger partial charge on any atom is -0.376 e. The summed E-state index contributed by atoms with van der Waals surface area (Å²) in [5.41, 5.74) is 20.2. The van der Waals surface area contributed by atoms with Gasteiger partial charge in [-0.1, -0.05) is 170 Å². The third-order valence-corrected chi connectivity index (χ3v) is 10.5. The van der Waals surface area contributed by atoms with E-state index in [1.165, 1.54) is 89.1 Å². The van der Waals surface area contributed by atoms with Gasteiger partial charge in [0.1, 0.15) is 0 Å². The van der Waals surface area contributed by atoms with Crippen LogP contribution in [0.25, 0.3) is 66.8 Å². The molecule has 0 aliphatic carbocycles. The lowest BCUT2D eigenvalue weighted by Crippen LogP contribution is -2.59. The maximum Gasteiger partial charge on any atom is 0.329 e. The van der Waals surface area contributed by atoms with Crippen molar-refractivity contribution in [3.8, 4) is 66.8 Å². The molecule has 1 nitrogen and oxygen atoms in total. The highest BCUT2D eigenvalue weighted by molar-refractivity contribution is 6.92. The first-order valence-corrected chi connectivity index (χ1v) is 17.4. The molecule has 0 radical (unpaired) electrons. The van der Waals surface area contributed by atoms with E-state index < -0.39 is 0 Å². The average Bonchev–Trinajstić information content (AvgIpc) is 3.21. The smallest absolute Gasteiger partial charge is 0.329 e. The van der Waals surface area contributed by atoms with Crippen molar-refractivity contribution in [3.63, 3.8) is 0 Å². The number of hydrogen-bond acceptors (Lipinski definition) is 1. The second kappa shape index (κ2) is 11.6. The molecule has 2 aliphatic heterocycles. The Morgan fingerprint density at radius 1 is 0.260 bits per heavy atom. The molecule has 0 unspecified atom stereocenters. The van der Waals surface area contributed by atoms with Gasteiger partial charge in [0.25, 0.3) is 0 Å². The van der Waals surface area contributed by atoms with Crippen LogP contribution in [-0.4, -0.2) is 6.85 Å². The summed E-state index contributed by atoms with van der Waals surface area (Å²) in [6, 6.07) is 71.2. The van der Waals surface area contributed by atoms with Crippen molar-refractivity contribution in [2.24, 2.45) is 0 Å². The van der Waals surface area contributed by atoms with Crippen molar-refractivity contribution >= 4 is 29.1 Å². The van der Waals surface area contributed by atoms with Gasteiger partial charge in [0.05, 0.1) is 0 Å². The minimum atomic E-state index is 0.0762. The number of anilines is 2. The van der Waals surface area contributed by atoms with Crippen LogP contribution in [0, 0.1) is 0 Å². The van der Waals surface area contributed by atoms with Gasteiger partial charge in [-0.2, -0.15) is 0 Å². The van der Waals surface area contributed by atoms with Crippen LogP contribution < -0.4 is 15.7 Å². The average molecular weight is 634 g/mol. The van der Waals surface area contributed by atoms with E-state index in [0.717, 1.165) is 0 Å². The molecule has 10 rings (SSSR count). The van der Waals surface area contributed by atoms with Gasteiger partial charge >= 0.3 is 6.85 Å². The maximum atomic E-state index is 2.59. The van der Waals surface area contributed by atoms with E-state index in [1.54, 1.807) is 0 Å². The second-order valence-electron chi connectivity index (χ2n) is 13.2. The largest absolute Gasteiger partial charge is 0.376 e. The summed E-state index contributed by atoms with van der Waals surface area (Å²) >= 11 is 0. The number of nitrogens with zero attached hydrogens (tertiary/aromatic N) is 1. The molecule has 0 N–H and O–H groups in total. The molecule has 8 aromatic rings. The Balaban J connectivity index is 1.17. The molecule has 0 saturated carbocycles. The van der Waals surface area contributed by atoms with Gasteiger partial charge in [-0.05, 0) is 90.8 Å². The van der Waals surface area contributed by atoms with Crippen LogP contribution in [-0.2, 0) is 0 Å². The first-order chi connectivity index (χ1) is 24.8. The lowest BCUT2D eigenvalue weighted by molar-refractivity contribution is 1.35. The fourth-order valence-electron chi connectivity index (χ4n) is 8.28. The van der Waals surface area contributed by atoms with Crippen LogP contribution in [0.5, 0.6) is 0 Å². The summed E-state index contributed by atoms with van der Waals surface area (Å²) in [6.45, 7) is 0.0762. The molecule has 232 valence electrons. The highest BCUT2D eigenvalue weighted by Gasteiger charge is 2.42. The van der Waals surface area contributed by atoms with Crippen LogP contribution in [0.3, 0.4) is 0 Å². The number of benzene rings is 8. The van der Waals surface area contributed by atoms with E-state index >= 15 is 0 Å². The summed E-state index contributed by atoms with van der Waals surface area (Å²) in [7, 11) is 0. The van der Waals surface area contributed by atoms with E-state index in [9.17, 15) is 0 Å². The summed E-state index contributed by atoms with van der Waals surface area (Å²) in [6.07, 6.45) is 0. The molecule has 2 heteroatoms. The van der Waals surface area contributed by atoms with Crippen molar-refractivity contribution in [2.45, 2.75) is 0 Å². The summed E-state index contributed by atoms with van der Waals surface area (Å²) < 4.78 is 0. The van der Waals surface area contributed by atoms with Gasteiger partial charge in [-0.3, -0.25) is 0 Å². The van der Waals surface area contributed by atoms with Crippen molar-refractivity contribution in [1.82, 2.24) is 0 Å². The number of fused-ring (bicyclic) bond motifs is 11. The fraction of sp³-hybridized carbons (Fsp3) is 0. The number of rotatable bonds is 4. The lowest BCUT2D eigenvalue weighted by atomic mass is 9.43. The monoisotopic (exact) mass is 633 g/mol. The SMILES string of the molecule is c1ccc(-c2ccccc2-c2ccc3c(c2)-c2ccccc2B2c4ccccc4-c4cc(-c5ccccc5-c5ccccc5)ccc4N23)cc1. The van der Waals surface area contributed by atoms with Gasteiger partial charge in [-0.15, -0.1) is 0 Å². The van der Waals surface area contributed by atoms with Crippen LogP contribution in [0.15, 0.2) is 194 Å². The highest BCUT2D eigenvalue weighted by atomic mass is 15.1. The van der Waals surface area contributed by atoms with E-state index in [1.807, 2.05) is 0 Å². The fourth-order valence-corrected chi connectivity index (χ4v) is 8.28. The quantitative estimate of drug-likeness (QED) is 0.174. The van der Waals surface area contributed by atoms with Gasteiger partial charge < -0.3 is 4.81 Å².